The van der Waals surface area contributed by atoms with E-state index in [0.717, 1.165) is 41.4 Å². The lowest BCUT2D eigenvalue weighted by Gasteiger charge is -2.54. The zero-order valence-corrected chi connectivity index (χ0v) is 22.3. The van der Waals surface area contributed by atoms with Gasteiger partial charge in [-0.05, 0) is 58.2 Å². The first kappa shape index (κ1) is 29.2. The average molecular weight is 383 g/mol. The monoisotopic (exact) mass is 382 g/mol. The summed E-state index contributed by atoms with van der Waals surface area (Å²) in [7, 11) is 0. The van der Waals surface area contributed by atoms with E-state index in [1.807, 2.05) is 13.8 Å². The molecule has 0 aromatic rings. The van der Waals surface area contributed by atoms with Gasteiger partial charge in [0, 0.05) is 0 Å². The van der Waals surface area contributed by atoms with Gasteiger partial charge < -0.3 is 0 Å². The molecule has 0 N–H and O–H groups in total. The van der Waals surface area contributed by atoms with Crippen LogP contribution >= 0.6 is 0 Å². The molecule has 0 amide bonds. The summed E-state index contributed by atoms with van der Waals surface area (Å²) in [5, 5.41) is 0. The number of hydrogen-bond donors (Lipinski definition) is 0. The van der Waals surface area contributed by atoms with Gasteiger partial charge in [0.25, 0.3) is 0 Å². The minimum atomic E-state index is 0.324. The summed E-state index contributed by atoms with van der Waals surface area (Å²) >= 11 is 0. The summed E-state index contributed by atoms with van der Waals surface area (Å²) in [4.78, 5) is 0. The molecule has 27 heavy (non-hydrogen) atoms. The highest BCUT2D eigenvalue weighted by atomic mass is 14.5. The molecule has 0 saturated heterocycles. The lowest BCUT2D eigenvalue weighted by atomic mass is 9.51. The quantitative estimate of drug-likeness (QED) is 0.352. The molecule has 0 heteroatoms. The fraction of sp³-hybridized carbons (Fsp3) is 1.00. The molecular formula is C27H58. The molecule has 7 atom stereocenters. The third-order valence-corrected chi connectivity index (χ3v) is 9.76. The van der Waals surface area contributed by atoms with Gasteiger partial charge in [-0.1, -0.05) is 117 Å². The fourth-order valence-corrected chi connectivity index (χ4v) is 4.92. The predicted octanol–water partition coefficient (Wildman–Crippen LogP) is 9.58. The molecule has 0 saturated carbocycles. The zero-order chi connectivity index (χ0) is 22.3. The van der Waals surface area contributed by atoms with Crippen molar-refractivity contribution in [3.63, 3.8) is 0 Å². The van der Waals surface area contributed by atoms with Gasteiger partial charge in [-0.15, -0.1) is 0 Å². The molecule has 0 aliphatic rings. The van der Waals surface area contributed by atoms with Gasteiger partial charge in [-0.25, -0.2) is 0 Å². The first-order valence-corrected chi connectivity index (χ1v) is 12.1. The first-order valence-electron chi connectivity index (χ1n) is 12.1. The molecule has 0 unspecified atom stereocenters. The molecule has 0 nitrogen and oxygen atoms in total. The maximum absolute atomic E-state index is 2.54. The Morgan fingerprint density at radius 3 is 1.19 bits per heavy atom. The van der Waals surface area contributed by atoms with Crippen LogP contribution in [0.25, 0.3) is 0 Å². The van der Waals surface area contributed by atoms with Crippen LogP contribution in [0.5, 0.6) is 0 Å². The van der Waals surface area contributed by atoms with E-state index in [-0.39, 0.29) is 0 Å². The molecule has 0 radical (unpaired) electrons. The van der Waals surface area contributed by atoms with E-state index in [1.54, 1.807) is 0 Å². The van der Waals surface area contributed by atoms with Gasteiger partial charge in [0.1, 0.15) is 0 Å². The topological polar surface area (TPSA) is 0 Å². The van der Waals surface area contributed by atoms with Crippen molar-refractivity contribution >= 4 is 0 Å². The van der Waals surface area contributed by atoms with E-state index in [2.05, 4.69) is 96.9 Å². The van der Waals surface area contributed by atoms with E-state index in [9.17, 15) is 0 Å². The second-order valence-electron chi connectivity index (χ2n) is 11.1. The Balaban J connectivity index is 0. The maximum Gasteiger partial charge on any atom is -0.0272 e. The minimum Gasteiger partial charge on any atom is -0.0683 e. The van der Waals surface area contributed by atoms with Gasteiger partial charge in [0.05, 0.1) is 0 Å². The second kappa shape index (κ2) is 11.9. The van der Waals surface area contributed by atoms with Crippen molar-refractivity contribution in [3.05, 3.63) is 0 Å². The summed E-state index contributed by atoms with van der Waals surface area (Å²) in [5.41, 5.74) is 0.660. The molecule has 0 aromatic carbocycles. The SMILES string of the molecule is CC.CC[C@H](C)[C@H](C)C(C)(C)C(C)(C)[C@H](C)[C@H](C)[C@H](C)[C@H](C)[C@H](C)C(C)C. The third kappa shape index (κ3) is 6.78. The fourth-order valence-electron chi connectivity index (χ4n) is 4.92. The Morgan fingerprint density at radius 2 is 0.852 bits per heavy atom. The van der Waals surface area contributed by atoms with E-state index in [1.165, 1.54) is 6.42 Å². The van der Waals surface area contributed by atoms with Crippen molar-refractivity contribution in [3.8, 4) is 0 Å². The Bertz CT molecular complexity index is 375. The van der Waals surface area contributed by atoms with Crippen LogP contribution in [0.1, 0.15) is 117 Å². The van der Waals surface area contributed by atoms with Crippen molar-refractivity contribution in [1.29, 1.82) is 0 Å². The highest BCUT2D eigenvalue weighted by molar-refractivity contribution is 4.96. The highest BCUT2D eigenvalue weighted by Gasteiger charge is 2.47. The minimum absolute atomic E-state index is 0.324. The summed E-state index contributed by atoms with van der Waals surface area (Å²) in [6, 6.07) is 0. The van der Waals surface area contributed by atoms with Crippen LogP contribution in [0, 0.1) is 58.2 Å². The standard InChI is InChI=1S/C25H52.C2H6/c1-15-17(4)22(9)24(11,12)25(13,14)23(10)21(8)20(7)19(6)18(5)16(2)3;1-2/h16-23H,15H2,1-14H3;1-2H3/t17-,18+,19+,20+,21+,22-,23+;/m0./s1. The Hall–Kier alpha value is 0. The van der Waals surface area contributed by atoms with Crippen LogP contribution < -0.4 is 0 Å². The molecule has 0 rings (SSSR count). The summed E-state index contributed by atoms with van der Waals surface area (Å²) in [5.74, 6) is 6.10. The van der Waals surface area contributed by atoms with Crippen LogP contribution in [-0.2, 0) is 0 Å². The Morgan fingerprint density at radius 1 is 0.519 bits per heavy atom. The van der Waals surface area contributed by atoms with Gasteiger partial charge in [0.15, 0.2) is 0 Å². The molecule has 0 bridgehead atoms. The maximum atomic E-state index is 2.54. The molecule has 0 heterocycles. The highest BCUT2D eigenvalue weighted by Crippen LogP contribution is 2.54. The molecule has 0 aliphatic carbocycles. The van der Waals surface area contributed by atoms with Gasteiger partial charge in [-0.3, -0.25) is 0 Å². The molecule has 0 fully saturated rings. The van der Waals surface area contributed by atoms with Gasteiger partial charge >= 0.3 is 0 Å². The van der Waals surface area contributed by atoms with E-state index in [0.29, 0.717) is 16.7 Å². The van der Waals surface area contributed by atoms with Crippen LogP contribution in [0.2, 0.25) is 0 Å². The predicted molar refractivity (Wildman–Crippen MR) is 128 cm³/mol. The van der Waals surface area contributed by atoms with Crippen molar-refractivity contribution in [1.82, 2.24) is 0 Å². The normalized spacial score (nSPS) is 20.8. The van der Waals surface area contributed by atoms with Crippen molar-refractivity contribution < 1.29 is 0 Å². The summed E-state index contributed by atoms with van der Waals surface area (Å²) in [6.45, 7) is 38.6. The molecule has 0 aromatic heterocycles. The molecular weight excluding hydrogens is 324 g/mol. The third-order valence-electron chi connectivity index (χ3n) is 9.76. The van der Waals surface area contributed by atoms with Crippen LogP contribution in [0.15, 0.2) is 0 Å². The largest absolute Gasteiger partial charge is 0.0683 e. The van der Waals surface area contributed by atoms with Crippen LogP contribution in [0.4, 0.5) is 0 Å². The molecule has 0 aliphatic heterocycles. The first-order chi connectivity index (χ1) is 12.1. The van der Waals surface area contributed by atoms with E-state index >= 15 is 0 Å². The van der Waals surface area contributed by atoms with Gasteiger partial charge in [-0.2, -0.15) is 0 Å². The smallest absolute Gasteiger partial charge is 0.0272 e. The lowest BCUT2D eigenvalue weighted by molar-refractivity contribution is -0.0512. The Labute approximate surface area is 175 Å². The second-order valence-corrected chi connectivity index (χ2v) is 11.1. The van der Waals surface area contributed by atoms with E-state index in [4.69, 9.17) is 0 Å². The summed E-state index contributed by atoms with van der Waals surface area (Å²) in [6.07, 6.45) is 1.28. The molecule has 166 valence electrons. The zero-order valence-electron chi connectivity index (χ0n) is 22.3. The van der Waals surface area contributed by atoms with Crippen molar-refractivity contribution in [2.45, 2.75) is 117 Å². The van der Waals surface area contributed by atoms with Crippen molar-refractivity contribution in [2.75, 3.05) is 0 Å². The number of hydrogen-bond acceptors (Lipinski definition) is 0. The summed E-state index contributed by atoms with van der Waals surface area (Å²) < 4.78 is 0. The van der Waals surface area contributed by atoms with Crippen LogP contribution in [-0.4, -0.2) is 0 Å². The van der Waals surface area contributed by atoms with E-state index < -0.39 is 0 Å². The number of rotatable bonds is 10. The Kier molecular flexibility index (Phi) is 12.8. The lowest BCUT2D eigenvalue weighted by Crippen LogP contribution is -2.47. The molecule has 0 spiro atoms. The van der Waals surface area contributed by atoms with Crippen molar-refractivity contribution in [2.24, 2.45) is 58.2 Å². The van der Waals surface area contributed by atoms with Gasteiger partial charge in [0.2, 0.25) is 0 Å². The average Bonchev–Trinajstić information content (AvgIpc) is 2.64. The van der Waals surface area contributed by atoms with Crippen LogP contribution in [0.3, 0.4) is 0 Å².